The van der Waals surface area contributed by atoms with Crippen molar-refractivity contribution >= 4 is 12.0 Å². The van der Waals surface area contributed by atoms with E-state index in [2.05, 4.69) is 4.74 Å². The minimum Gasteiger partial charge on any atom is -0.490 e. The van der Waals surface area contributed by atoms with Crippen molar-refractivity contribution < 1.29 is 32.2 Å². The van der Waals surface area contributed by atoms with Crippen LogP contribution in [0.15, 0.2) is 48.0 Å². The number of rotatable bonds is 7. The van der Waals surface area contributed by atoms with E-state index in [0.29, 0.717) is 29.2 Å². The molecule has 8 heteroatoms. The lowest BCUT2D eigenvalue weighted by atomic mass is 10.1. The van der Waals surface area contributed by atoms with Crippen LogP contribution in [0.3, 0.4) is 0 Å². The first kappa shape index (κ1) is 21.8. The normalized spacial score (nSPS) is 11.5. The van der Waals surface area contributed by atoms with E-state index in [1.165, 1.54) is 25.3 Å². The average Bonchev–Trinajstić information content (AvgIpc) is 2.70. The van der Waals surface area contributed by atoms with Crippen molar-refractivity contribution in [3.8, 4) is 17.6 Å². The molecule has 0 atom stereocenters. The number of benzene rings is 2. The fraction of sp³-hybridized carbons (Fsp3) is 0.238. The minimum atomic E-state index is -4.43. The number of carbonyl (C=O) groups excluding carboxylic acids is 1. The molecule has 0 aliphatic carbocycles. The van der Waals surface area contributed by atoms with E-state index in [-0.39, 0.29) is 12.2 Å². The van der Waals surface area contributed by atoms with Crippen molar-refractivity contribution in [3.05, 3.63) is 64.7 Å². The van der Waals surface area contributed by atoms with Gasteiger partial charge in [0, 0.05) is 0 Å². The molecule has 0 aliphatic rings. The van der Waals surface area contributed by atoms with Crippen molar-refractivity contribution in [3.63, 3.8) is 0 Å². The Morgan fingerprint density at radius 1 is 1.14 bits per heavy atom. The third kappa shape index (κ3) is 6.01. The van der Waals surface area contributed by atoms with E-state index in [4.69, 9.17) is 14.7 Å². The van der Waals surface area contributed by atoms with Gasteiger partial charge in [-0.1, -0.05) is 18.2 Å². The lowest BCUT2D eigenvalue weighted by Crippen LogP contribution is -2.06. The van der Waals surface area contributed by atoms with Gasteiger partial charge in [-0.05, 0) is 48.4 Å². The lowest BCUT2D eigenvalue weighted by Gasteiger charge is -2.14. The van der Waals surface area contributed by atoms with Gasteiger partial charge in [-0.2, -0.15) is 18.4 Å². The number of hydrogen-bond donors (Lipinski definition) is 0. The molecule has 0 bridgehead atoms. The zero-order valence-electron chi connectivity index (χ0n) is 15.7. The van der Waals surface area contributed by atoms with Gasteiger partial charge in [0.05, 0.1) is 19.3 Å². The Hall–Kier alpha value is -3.47. The number of hydrogen-bond acceptors (Lipinski definition) is 5. The van der Waals surface area contributed by atoms with E-state index >= 15 is 0 Å². The Bertz CT molecular complexity index is 946. The van der Waals surface area contributed by atoms with Crippen LogP contribution >= 0.6 is 0 Å². The van der Waals surface area contributed by atoms with Gasteiger partial charge in [0.25, 0.3) is 0 Å². The van der Waals surface area contributed by atoms with Gasteiger partial charge in [0.2, 0.25) is 0 Å². The fourth-order valence-electron chi connectivity index (χ4n) is 2.41. The molecule has 0 amide bonds. The van der Waals surface area contributed by atoms with Crippen molar-refractivity contribution in [1.82, 2.24) is 0 Å². The lowest BCUT2D eigenvalue weighted by molar-refractivity contribution is -0.138. The second kappa shape index (κ2) is 9.64. The molecule has 0 heterocycles. The van der Waals surface area contributed by atoms with Crippen molar-refractivity contribution in [2.24, 2.45) is 0 Å². The van der Waals surface area contributed by atoms with Gasteiger partial charge in [0.1, 0.15) is 18.2 Å². The van der Waals surface area contributed by atoms with Crippen LogP contribution in [0, 0.1) is 11.3 Å². The van der Waals surface area contributed by atoms with Crippen LogP contribution in [0.25, 0.3) is 6.08 Å². The summed E-state index contributed by atoms with van der Waals surface area (Å²) in [5, 5.41) is 9.05. The molecule has 0 spiro atoms. The number of nitrogens with zero attached hydrogens (tertiary/aromatic N) is 1. The Morgan fingerprint density at radius 2 is 1.90 bits per heavy atom. The molecule has 29 heavy (non-hydrogen) atoms. The molecule has 152 valence electrons. The highest BCUT2D eigenvalue weighted by Crippen LogP contribution is 2.32. The molecule has 0 radical (unpaired) electrons. The number of esters is 1. The van der Waals surface area contributed by atoms with Gasteiger partial charge < -0.3 is 14.2 Å². The van der Waals surface area contributed by atoms with Crippen molar-refractivity contribution in [2.45, 2.75) is 19.7 Å². The molecule has 0 unspecified atom stereocenters. The molecule has 2 rings (SSSR count). The third-order valence-corrected chi connectivity index (χ3v) is 3.75. The molecule has 0 fully saturated rings. The standard InChI is InChI=1S/C21H18F3NO4/c1-3-28-19-11-14(9-16(12-25)20(26)27-2)7-8-18(19)29-13-15-5-4-6-17(10-15)21(22,23)24/h4-11H,3,13H2,1-2H3. The molecule has 0 saturated carbocycles. The summed E-state index contributed by atoms with van der Waals surface area (Å²) in [6, 6.07) is 11.3. The van der Waals surface area contributed by atoms with Crippen LogP contribution in [0.1, 0.15) is 23.6 Å². The summed E-state index contributed by atoms with van der Waals surface area (Å²) in [4.78, 5) is 11.5. The van der Waals surface area contributed by atoms with E-state index in [9.17, 15) is 18.0 Å². The number of nitriles is 1. The van der Waals surface area contributed by atoms with Gasteiger partial charge in [-0.3, -0.25) is 0 Å². The van der Waals surface area contributed by atoms with Crippen LogP contribution < -0.4 is 9.47 Å². The summed E-state index contributed by atoms with van der Waals surface area (Å²) in [5.74, 6) is -0.122. The van der Waals surface area contributed by atoms with Crippen LogP contribution in [-0.2, 0) is 22.3 Å². The fourth-order valence-corrected chi connectivity index (χ4v) is 2.41. The molecule has 2 aromatic carbocycles. The molecular formula is C21H18F3NO4. The highest BCUT2D eigenvalue weighted by Gasteiger charge is 2.30. The summed E-state index contributed by atoms with van der Waals surface area (Å²) >= 11 is 0. The first-order valence-corrected chi connectivity index (χ1v) is 8.54. The van der Waals surface area contributed by atoms with Crippen molar-refractivity contribution in [1.29, 1.82) is 5.26 Å². The van der Waals surface area contributed by atoms with E-state index in [0.717, 1.165) is 12.1 Å². The van der Waals surface area contributed by atoms with E-state index < -0.39 is 17.7 Å². The van der Waals surface area contributed by atoms with E-state index in [1.807, 2.05) is 0 Å². The first-order chi connectivity index (χ1) is 13.8. The van der Waals surface area contributed by atoms with Gasteiger partial charge in [-0.15, -0.1) is 0 Å². The Kier molecular flexibility index (Phi) is 7.26. The SMILES string of the molecule is CCOc1cc(C=C(C#N)C(=O)OC)ccc1OCc1cccc(C(F)(F)F)c1. The Labute approximate surface area is 165 Å². The average molecular weight is 405 g/mol. The molecule has 5 nitrogen and oxygen atoms in total. The third-order valence-electron chi connectivity index (χ3n) is 3.75. The summed E-state index contributed by atoms with van der Waals surface area (Å²) in [6.45, 7) is 1.98. The van der Waals surface area contributed by atoms with Crippen molar-refractivity contribution in [2.75, 3.05) is 13.7 Å². The number of methoxy groups -OCH3 is 1. The Morgan fingerprint density at radius 3 is 2.52 bits per heavy atom. The molecule has 0 saturated heterocycles. The largest absolute Gasteiger partial charge is 0.490 e. The maximum Gasteiger partial charge on any atom is 0.416 e. The van der Waals surface area contributed by atoms with Crippen LogP contribution in [-0.4, -0.2) is 19.7 Å². The van der Waals surface area contributed by atoms with Crippen LogP contribution in [0.5, 0.6) is 11.5 Å². The smallest absolute Gasteiger partial charge is 0.416 e. The quantitative estimate of drug-likeness (QED) is 0.377. The van der Waals surface area contributed by atoms with Crippen LogP contribution in [0.4, 0.5) is 13.2 Å². The Balaban J connectivity index is 2.24. The van der Waals surface area contributed by atoms with Gasteiger partial charge >= 0.3 is 12.1 Å². The second-order valence-electron chi connectivity index (χ2n) is 5.79. The predicted molar refractivity (Wildman–Crippen MR) is 99.0 cm³/mol. The number of ether oxygens (including phenoxy) is 3. The topological polar surface area (TPSA) is 68.5 Å². The maximum absolute atomic E-state index is 12.8. The monoisotopic (exact) mass is 405 g/mol. The highest BCUT2D eigenvalue weighted by molar-refractivity contribution is 5.97. The highest BCUT2D eigenvalue weighted by atomic mass is 19.4. The number of halogens is 3. The summed E-state index contributed by atoms with van der Waals surface area (Å²) in [6.07, 6.45) is -3.09. The summed E-state index contributed by atoms with van der Waals surface area (Å²) < 4.78 is 54.2. The molecule has 0 aliphatic heterocycles. The first-order valence-electron chi connectivity index (χ1n) is 8.54. The van der Waals surface area contributed by atoms with E-state index in [1.54, 1.807) is 31.2 Å². The zero-order valence-corrected chi connectivity index (χ0v) is 15.7. The van der Waals surface area contributed by atoms with Gasteiger partial charge in [0.15, 0.2) is 11.5 Å². The summed E-state index contributed by atoms with van der Waals surface area (Å²) in [5.41, 5.74) is -0.0888. The van der Waals surface area contributed by atoms with Gasteiger partial charge in [-0.25, -0.2) is 4.79 Å². The molecule has 2 aromatic rings. The molecule has 0 N–H and O–H groups in total. The second-order valence-corrected chi connectivity index (χ2v) is 5.79. The number of alkyl halides is 3. The molecular weight excluding hydrogens is 387 g/mol. The predicted octanol–water partition coefficient (Wildman–Crippen LogP) is 4.76. The number of carbonyl (C=O) groups is 1. The minimum absolute atomic E-state index is 0.0925. The van der Waals surface area contributed by atoms with Crippen LogP contribution in [0.2, 0.25) is 0 Å². The zero-order chi connectivity index (χ0) is 21.4. The summed E-state index contributed by atoms with van der Waals surface area (Å²) in [7, 11) is 1.17. The maximum atomic E-state index is 12.8. The molecule has 0 aromatic heterocycles.